The molecule has 1 aliphatic rings. The Bertz CT molecular complexity index is 379. The van der Waals surface area contributed by atoms with Crippen LogP contribution in [0.25, 0.3) is 0 Å². The summed E-state index contributed by atoms with van der Waals surface area (Å²) in [4.78, 5) is 0. The van der Waals surface area contributed by atoms with Crippen molar-refractivity contribution in [3.8, 4) is 0 Å². The van der Waals surface area contributed by atoms with Gasteiger partial charge >= 0.3 is 0 Å². The quantitative estimate of drug-likeness (QED) is 0.841. The highest BCUT2D eigenvalue weighted by molar-refractivity contribution is 5.31. The molecule has 1 heterocycles. The molecule has 2 rings (SSSR count). The molecule has 100 valence electrons. The number of nitrogens with one attached hydrogen (secondary N) is 1. The number of aliphatic hydroxyl groups is 1. The van der Waals surface area contributed by atoms with Crippen molar-refractivity contribution in [2.24, 2.45) is 5.92 Å². The number of benzene rings is 1. The Morgan fingerprint density at radius 1 is 1.39 bits per heavy atom. The van der Waals surface area contributed by atoms with Gasteiger partial charge in [-0.2, -0.15) is 0 Å². The largest absolute Gasteiger partial charge is 0.395 e. The number of fused-ring (bicyclic) bond motifs is 1. The molecule has 0 aromatic heterocycles. The molecule has 1 aromatic carbocycles. The van der Waals surface area contributed by atoms with Gasteiger partial charge < -0.3 is 15.2 Å². The van der Waals surface area contributed by atoms with Crippen LogP contribution in [0, 0.1) is 5.92 Å². The lowest BCUT2D eigenvalue weighted by atomic mass is 9.97. The zero-order valence-corrected chi connectivity index (χ0v) is 11.2. The van der Waals surface area contributed by atoms with Gasteiger partial charge in [-0.3, -0.25) is 0 Å². The maximum absolute atomic E-state index is 9.45. The summed E-state index contributed by atoms with van der Waals surface area (Å²) >= 11 is 0. The van der Waals surface area contributed by atoms with Gasteiger partial charge in [0.2, 0.25) is 0 Å². The van der Waals surface area contributed by atoms with E-state index in [1.165, 1.54) is 11.1 Å². The first-order valence-electron chi connectivity index (χ1n) is 6.73. The fourth-order valence-corrected chi connectivity index (χ4v) is 2.57. The zero-order chi connectivity index (χ0) is 13.0. The summed E-state index contributed by atoms with van der Waals surface area (Å²) < 4.78 is 5.61. The van der Waals surface area contributed by atoms with Gasteiger partial charge in [0.15, 0.2) is 0 Å². The molecule has 0 spiro atoms. The maximum Gasteiger partial charge on any atom is 0.0721 e. The van der Waals surface area contributed by atoms with Gasteiger partial charge in [0.05, 0.1) is 25.9 Å². The van der Waals surface area contributed by atoms with Gasteiger partial charge in [-0.15, -0.1) is 0 Å². The number of aliphatic hydroxyl groups excluding tert-OH is 1. The first-order valence-corrected chi connectivity index (χ1v) is 6.73. The van der Waals surface area contributed by atoms with Crippen LogP contribution in [-0.4, -0.2) is 24.4 Å². The molecule has 18 heavy (non-hydrogen) atoms. The molecule has 1 aromatic rings. The summed E-state index contributed by atoms with van der Waals surface area (Å²) in [5.41, 5.74) is 2.56. The highest BCUT2D eigenvalue weighted by atomic mass is 16.5. The number of rotatable bonds is 5. The molecule has 1 aliphatic heterocycles. The SMILES string of the molecule is CC(C)CC(CO)NC1COCc2ccccc21. The van der Waals surface area contributed by atoms with Crippen LogP contribution in [0.5, 0.6) is 0 Å². The normalized spacial score (nSPS) is 20.8. The molecular formula is C15H23NO2. The van der Waals surface area contributed by atoms with E-state index in [-0.39, 0.29) is 18.7 Å². The molecular weight excluding hydrogens is 226 g/mol. The van der Waals surface area contributed by atoms with Gasteiger partial charge in [0.1, 0.15) is 0 Å². The number of hydrogen-bond acceptors (Lipinski definition) is 3. The molecule has 0 saturated carbocycles. The maximum atomic E-state index is 9.45. The molecule has 0 fully saturated rings. The van der Waals surface area contributed by atoms with E-state index < -0.39 is 0 Å². The summed E-state index contributed by atoms with van der Waals surface area (Å²) in [7, 11) is 0. The predicted molar refractivity (Wildman–Crippen MR) is 72.3 cm³/mol. The van der Waals surface area contributed by atoms with Crippen LogP contribution in [-0.2, 0) is 11.3 Å². The van der Waals surface area contributed by atoms with Gasteiger partial charge in [0.25, 0.3) is 0 Å². The minimum Gasteiger partial charge on any atom is -0.395 e. The lowest BCUT2D eigenvalue weighted by molar-refractivity contribution is 0.0728. The van der Waals surface area contributed by atoms with Crippen molar-refractivity contribution < 1.29 is 9.84 Å². The van der Waals surface area contributed by atoms with E-state index in [1.54, 1.807) is 0 Å². The van der Waals surface area contributed by atoms with Crippen molar-refractivity contribution in [3.63, 3.8) is 0 Å². The Labute approximate surface area is 109 Å². The second-order valence-corrected chi connectivity index (χ2v) is 5.44. The van der Waals surface area contributed by atoms with Crippen LogP contribution in [0.1, 0.15) is 37.4 Å². The fourth-order valence-electron chi connectivity index (χ4n) is 2.57. The van der Waals surface area contributed by atoms with Crippen LogP contribution < -0.4 is 5.32 Å². The molecule has 0 saturated heterocycles. The Kier molecular flexibility index (Phi) is 4.75. The third-order valence-electron chi connectivity index (χ3n) is 3.39. The van der Waals surface area contributed by atoms with Crippen molar-refractivity contribution in [3.05, 3.63) is 35.4 Å². The van der Waals surface area contributed by atoms with Crippen molar-refractivity contribution >= 4 is 0 Å². The molecule has 0 aliphatic carbocycles. The highest BCUT2D eigenvalue weighted by Gasteiger charge is 2.23. The first-order chi connectivity index (χ1) is 8.70. The fraction of sp³-hybridized carbons (Fsp3) is 0.600. The first kappa shape index (κ1) is 13.5. The topological polar surface area (TPSA) is 41.5 Å². The monoisotopic (exact) mass is 249 g/mol. The molecule has 3 nitrogen and oxygen atoms in total. The van der Waals surface area contributed by atoms with Crippen LogP contribution in [0.15, 0.2) is 24.3 Å². The van der Waals surface area contributed by atoms with Gasteiger partial charge in [-0.1, -0.05) is 38.1 Å². The van der Waals surface area contributed by atoms with Gasteiger partial charge in [0, 0.05) is 6.04 Å². The average Bonchev–Trinajstić information content (AvgIpc) is 2.38. The summed E-state index contributed by atoms with van der Waals surface area (Å²) in [5, 5.41) is 13.0. The van der Waals surface area contributed by atoms with Crippen molar-refractivity contribution in [1.82, 2.24) is 5.32 Å². The standard InChI is InChI=1S/C15H23NO2/c1-11(2)7-13(8-17)16-15-10-18-9-12-5-3-4-6-14(12)15/h3-6,11,13,15-17H,7-10H2,1-2H3. The van der Waals surface area contributed by atoms with Crippen molar-refractivity contribution in [2.75, 3.05) is 13.2 Å². The molecule has 2 atom stereocenters. The highest BCUT2D eigenvalue weighted by Crippen LogP contribution is 2.25. The predicted octanol–water partition coefficient (Wildman–Crippen LogP) is 2.25. The van der Waals surface area contributed by atoms with Gasteiger partial charge in [-0.25, -0.2) is 0 Å². The van der Waals surface area contributed by atoms with E-state index in [1.807, 2.05) is 6.07 Å². The van der Waals surface area contributed by atoms with E-state index in [0.29, 0.717) is 19.1 Å². The van der Waals surface area contributed by atoms with Crippen molar-refractivity contribution in [2.45, 2.75) is 39.0 Å². The van der Waals surface area contributed by atoms with Crippen LogP contribution in [0.4, 0.5) is 0 Å². The minimum atomic E-state index is 0.143. The molecule has 3 heteroatoms. The Hall–Kier alpha value is -0.900. The second kappa shape index (κ2) is 6.32. The third-order valence-corrected chi connectivity index (χ3v) is 3.39. The second-order valence-electron chi connectivity index (χ2n) is 5.44. The summed E-state index contributed by atoms with van der Waals surface area (Å²) in [5.74, 6) is 0.578. The minimum absolute atomic E-state index is 0.143. The number of ether oxygens (including phenoxy) is 1. The summed E-state index contributed by atoms with van der Waals surface area (Å²) in [6.45, 7) is 5.91. The van der Waals surface area contributed by atoms with Crippen LogP contribution in [0.3, 0.4) is 0 Å². The Balaban J connectivity index is 2.06. The molecule has 0 amide bonds. The van der Waals surface area contributed by atoms with E-state index in [9.17, 15) is 5.11 Å². The van der Waals surface area contributed by atoms with E-state index in [2.05, 4.69) is 37.4 Å². The lowest BCUT2D eigenvalue weighted by Crippen LogP contribution is -2.40. The van der Waals surface area contributed by atoms with Crippen LogP contribution in [0.2, 0.25) is 0 Å². The summed E-state index contributed by atoms with van der Waals surface area (Å²) in [6.07, 6.45) is 0.981. The molecule has 2 N–H and O–H groups in total. The van der Waals surface area contributed by atoms with E-state index in [0.717, 1.165) is 6.42 Å². The van der Waals surface area contributed by atoms with E-state index >= 15 is 0 Å². The molecule has 0 radical (unpaired) electrons. The van der Waals surface area contributed by atoms with E-state index in [4.69, 9.17) is 4.74 Å². The third kappa shape index (κ3) is 3.31. The molecule has 0 bridgehead atoms. The van der Waals surface area contributed by atoms with Gasteiger partial charge in [-0.05, 0) is 23.5 Å². The molecule has 2 unspecified atom stereocenters. The Morgan fingerprint density at radius 2 is 2.17 bits per heavy atom. The Morgan fingerprint density at radius 3 is 2.89 bits per heavy atom. The van der Waals surface area contributed by atoms with Crippen molar-refractivity contribution in [1.29, 1.82) is 0 Å². The van der Waals surface area contributed by atoms with Crippen LogP contribution >= 0.6 is 0 Å². The average molecular weight is 249 g/mol. The zero-order valence-electron chi connectivity index (χ0n) is 11.2. The summed E-state index contributed by atoms with van der Waals surface area (Å²) in [6, 6.07) is 8.71. The smallest absolute Gasteiger partial charge is 0.0721 e. The lowest BCUT2D eigenvalue weighted by Gasteiger charge is -2.30. The number of hydrogen-bond donors (Lipinski definition) is 2.